The second-order valence-corrected chi connectivity index (χ2v) is 3.45. The number of hydrogen-bond acceptors (Lipinski definition) is 5. The molecule has 0 saturated carbocycles. The normalized spacial score (nSPS) is 12.2. The number of aliphatic hydroxyl groups excluding tert-OH is 2. The fourth-order valence-electron chi connectivity index (χ4n) is 0.994. The minimum absolute atomic E-state index is 0.00176. The highest BCUT2D eigenvalue weighted by molar-refractivity contribution is 6.30. The van der Waals surface area contributed by atoms with Crippen LogP contribution in [-0.2, 0) is 0 Å². The lowest BCUT2D eigenvalue weighted by molar-refractivity contribution is -0.385. The molecule has 0 amide bonds. The molecule has 88 valence electrons. The van der Waals surface area contributed by atoms with Crippen LogP contribution in [0.4, 0.5) is 5.69 Å². The van der Waals surface area contributed by atoms with Crippen molar-refractivity contribution in [2.75, 3.05) is 13.2 Å². The largest absolute Gasteiger partial charge is 0.484 e. The lowest BCUT2D eigenvalue weighted by atomic mass is 10.3. The van der Waals surface area contributed by atoms with Gasteiger partial charge in [0.1, 0.15) is 12.7 Å². The summed E-state index contributed by atoms with van der Waals surface area (Å²) in [6, 6.07) is 3.93. The molecular formula is C9H10ClNO5. The maximum absolute atomic E-state index is 10.6. The van der Waals surface area contributed by atoms with Crippen molar-refractivity contribution in [2.45, 2.75) is 6.10 Å². The first kappa shape index (κ1) is 12.7. The molecule has 0 radical (unpaired) electrons. The third-order valence-corrected chi connectivity index (χ3v) is 1.99. The van der Waals surface area contributed by atoms with Crippen LogP contribution < -0.4 is 4.74 Å². The van der Waals surface area contributed by atoms with Crippen molar-refractivity contribution >= 4 is 17.3 Å². The van der Waals surface area contributed by atoms with Crippen LogP contribution in [0.2, 0.25) is 5.02 Å². The van der Waals surface area contributed by atoms with Crippen molar-refractivity contribution < 1.29 is 19.9 Å². The Morgan fingerprint density at radius 1 is 1.56 bits per heavy atom. The molecule has 2 N–H and O–H groups in total. The molecule has 1 atom stereocenters. The van der Waals surface area contributed by atoms with Crippen LogP contribution in [0, 0.1) is 10.1 Å². The maximum Gasteiger partial charge on any atom is 0.312 e. The van der Waals surface area contributed by atoms with Crippen molar-refractivity contribution in [1.29, 1.82) is 0 Å². The van der Waals surface area contributed by atoms with E-state index in [4.69, 9.17) is 26.6 Å². The Balaban J connectivity index is 2.82. The van der Waals surface area contributed by atoms with Crippen LogP contribution in [-0.4, -0.2) is 34.5 Å². The van der Waals surface area contributed by atoms with Gasteiger partial charge in [0.2, 0.25) is 0 Å². The molecule has 0 saturated heterocycles. The SMILES string of the molecule is O=[N+]([O-])c1cc(Cl)ccc1OCC(O)CO. The number of nitrogens with zero attached hydrogens (tertiary/aromatic N) is 1. The lowest BCUT2D eigenvalue weighted by Gasteiger charge is -2.09. The molecule has 1 unspecified atom stereocenters. The number of halogens is 1. The van der Waals surface area contributed by atoms with Crippen molar-refractivity contribution in [1.82, 2.24) is 0 Å². The van der Waals surface area contributed by atoms with E-state index in [1.54, 1.807) is 0 Å². The van der Waals surface area contributed by atoms with Crippen LogP contribution in [0.15, 0.2) is 18.2 Å². The number of ether oxygens (including phenoxy) is 1. The first-order valence-corrected chi connectivity index (χ1v) is 4.78. The van der Waals surface area contributed by atoms with Crippen LogP contribution in [0.3, 0.4) is 0 Å². The highest BCUT2D eigenvalue weighted by atomic mass is 35.5. The Bertz CT molecular complexity index is 384. The van der Waals surface area contributed by atoms with Gasteiger partial charge in [0.05, 0.1) is 11.5 Å². The number of nitro benzene ring substituents is 1. The fourth-order valence-corrected chi connectivity index (χ4v) is 1.16. The molecule has 0 aromatic heterocycles. The van der Waals surface area contributed by atoms with Gasteiger partial charge >= 0.3 is 5.69 Å². The predicted molar refractivity (Wildman–Crippen MR) is 56.7 cm³/mol. The van der Waals surface area contributed by atoms with Gasteiger partial charge in [-0.3, -0.25) is 10.1 Å². The number of hydrogen-bond donors (Lipinski definition) is 2. The average Bonchev–Trinajstić information content (AvgIpc) is 2.26. The van der Waals surface area contributed by atoms with Crippen molar-refractivity contribution in [3.05, 3.63) is 33.3 Å². The topological polar surface area (TPSA) is 92.8 Å². The Hall–Kier alpha value is -1.37. The standard InChI is InChI=1S/C9H10ClNO5/c10-6-1-2-9(8(3-6)11(14)15)16-5-7(13)4-12/h1-3,7,12-13H,4-5H2. The zero-order chi connectivity index (χ0) is 12.1. The van der Waals surface area contributed by atoms with Crippen LogP contribution in [0.25, 0.3) is 0 Å². The molecule has 7 heteroatoms. The number of benzene rings is 1. The molecule has 0 heterocycles. The number of nitro groups is 1. The molecule has 0 fully saturated rings. The van der Waals surface area contributed by atoms with E-state index in [0.717, 1.165) is 6.07 Å². The Kier molecular flexibility index (Phi) is 4.48. The second-order valence-electron chi connectivity index (χ2n) is 3.02. The van der Waals surface area contributed by atoms with Gasteiger partial charge in [0, 0.05) is 11.1 Å². The molecule has 0 aliphatic rings. The minimum atomic E-state index is -1.07. The van der Waals surface area contributed by atoms with Crippen LogP contribution in [0.5, 0.6) is 5.75 Å². The molecule has 0 aliphatic carbocycles. The zero-order valence-electron chi connectivity index (χ0n) is 8.17. The summed E-state index contributed by atoms with van der Waals surface area (Å²) in [5, 5.41) is 28.4. The molecule has 6 nitrogen and oxygen atoms in total. The summed E-state index contributed by atoms with van der Waals surface area (Å²) < 4.78 is 5.00. The summed E-state index contributed by atoms with van der Waals surface area (Å²) >= 11 is 5.60. The summed E-state index contributed by atoms with van der Waals surface area (Å²) in [5.41, 5.74) is -0.280. The predicted octanol–water partition coefficient (Wildman–Crippen LogP) is 0.980. The van der Waals surface area contributed by atoms with Gasteiger partial charge in [-0.1, -0.05) is 11.6 Å². The minimum Gasteiger partial charge on any atom is -0.484 e. The Morgan fingerprint density at radius 2 is 2.25 bits per heavy atom. The molecule has 1 aromatic rings. The monoisotopic (exact) mass is 247 g/mol. The smallest absolute Gasteiger partial charge is 0.312 e. The second kappa shape index (κ2) is 5.64. The summed E-state index contributed by atoms with van der Waals surface area (Å²) in [6.07, 6.45) is -1.07. The van der Waals surface area contributed by atoms with Gasteiger partial charge in [0.25, 0.3) is 0 Å². The lowest BCUT2D eigenvalue weighted by Crippen LogP contribution is -2.21. The van der Waals surface area contributed by atoms with Crippen molar-refractivity contribution in [3.63, 3.8) is 0 Å². The molecule has 1 rings (SSSR count). The summed E-state index contributed by atoms with van der Waals surface area (Å²) in [6.45, 7) is -0.694. The van der Waals surface area contributed by atoms with Crippen molar-refractivity contribution in [3.8, 4) is 5.75 Å². The quantitative estimate of drug-likeness (QED) is 0.598. The highest BCUT2D eigenvalue weighted by Crippen LogP contribution is 2.29. The van der Waals surface area contributed by atoms with E-state index in [1.807, 2.05) is 0 Å². The molecular weight excluding hydrogens is 238 g/mol. The van der Waals surface area contributed by atoms with Gasteiger partial charge in [-0.2, -0.15) is 0 Å². The third kappa shape index (κ3) is 3.34. The van der Waals surface area contributed by atoms with Gasteiger partial charge in [-0.05, 0) is 12.1 Å². The van der Waals surface area contributed by atoms with E-state index in [1.165, 1.54) is 12.1 Å². The van der Waals surface area contributed by atoms with Gasteiger partial charge in [-0.25, -0.2) is 0 Å². The van der Waals surface area contributed by atoms with E-state index >= 15 is 0 Å². The number of aliphatic hydroxyl groups is 2. The van der Waals surface area contributed by atoms with Gasteiger partial charge in [-0.15, -0.1) is 0 Å². The molecule has 0 aliphatic heterocycles. The zero-order valence-corrected chi connectivity index (χ0v) is 8.92. The molecule has 16 heavy (non-hydrogen) atoms. The first-order chi connectivity index (χ1) is 7.54. The van der Waals surface area contributed by atoms with E-state index < -0.39 is 17.6 Å². The van der Waals surface area contributed by atoms with E-state index in [-0.39, 0.29) is 23.1 Å². The van der Waals surface area contributed by atoms with Crippen LogP contribution in [0.1, 0.15) is 0 Å². The van der Waals surface area contributed by atoms with Crippen molar-refractivity contribution in [2.24, 2.45) is 0 Å². The fraction of sp³-hybridized carbons (Fsp3) is 0.333. The van der Waals surface area contributed by atoms with Gasteiger partial charge in [0.15, 0.2) is 5.75 Å². The molecule has 0 spiro atoms. The number of rotatable bonds is 5. The maximum atomic E-state index is 10.6. The van der Waals surface area contributed by atoms with E-state index in [9.17, 15) is 10.1 Å². The van der Waals surface area contributed by atoms with Gasteiger partial charge < -0.3 is 14.9 Å². The van der Waals surface area contributed by atoms with Crippen LogP contribution >= 0.6 is 11.6 Å². The summed E-state index contributed by atoms with van der Waals surface area (Å²) in [5.74, 6) is 0.00176. The average molecular weight is 248 g/mol. The Labute approximate surface area is 96.2 Å². The third-order valence-electron chi connectivity index (χ3n) is 1.76. The molecule has 0 bridgehead atoms. The summed E-state index contributed by atoms with van der Waals surface area (Å²) in [4.78, 5) is 10.0. The highest BCUT2D eigenvalue weighted by Gasteiger charge is 2.16. The molecule has 1 aromatic carbocycles. The Morgan fingerprint density at radius 3 is 2.81 bits per heavy atom. The first-order valence-electron chi connectivity index (χ1n) is 4.40. The van der Waals surface area contributed by atoms with E-state index in [0.29, 0.717) is 0 Å². The summed E-state index contributed by atoms with van der Waals surface area (Å²) in [7, 11) is 0. The van der Waals surface area contributed by atoms with E-state index in [2.05, 4.69) is 0 Å².